The number of carboxylic acid groups (broad SMARTS) is 1. The quantitative estimate of drug-likeness (QED) is 0.805. The number of amides is 2. The number of carbonyl (C=O) groups is 3. The van der Waals surface area contributed by atoms with Crippen molar-refractivity contribution in [2.45, 2.75) is 6.18 Å². The molecule has 1 N–H and O–H groups in total. The van der Waals surface area contributed by atoms with Crippen LogP contribution in [0.25, 0.3) is 0 Å². The minimum atomic E-state index is -5.08. The lowest BCUT2D eigenvalue weighted by Crippen LogP contribution is -2.35. The first-order chi connectivity index (χ1) is 14.2. The molecule has 2 aliphatic heterocycles. The number of para-hydroxylation sites is 1. The molecule has 3 heterocycles. The summed E-state index contributed by atoms with van der Waals surface area (Å²) in [5, 5.41) is 7.12. The molecule has 4 rings (SSSR count). The molecule has 10 heteroatoms. The Kier molecular flexibility index (Phi) is 6.04. The van der Waals surface area contributed by atoms with E-state index in [2.05, 4.69) is 4.98 Å². The highest BCUT2D eigenvalue weighted by atomic mass is 19.4. The number of rotatable bonds is 2. The zero-order chi connectivity index (χ0) is 21.9. The summed E-state index contributed by atoms with van der Waals surface area (Å²) in [7, 11) is 0. The summed E-state index contributed by atoms with van der Waals surface area (Å²) in [5.74, 6) is -2.51. The van der Waals surface area contributed by atoms with Gasteiger partial charge in [0.05, 0.1) is 5.92 Å². The van der Waals surface area contributed by atoms with Crippen molar-refractivity contribution in [1.29, 1.82) is 0 Å². The monoisotopic (exact) mass is 421 g/mol. The van der Waals surface area contributed by atoms with Crippen LogP contribution in [0.1, 0.15) is 10.4 Å². The molecule has 0 saturated carbocycles. The second kappa shape index (κ2) is 8.52. The van der Waals surface area contributed by atoms with Gasteiger partial charge in [0.1, 0.15) is 0 Å². The van der Waals surface area contributed by atoms with Gasteiger partial charge in [-0.2, -0.15) is 13.2 Å². The van der Waals surface area contributed by atoms with Crippen molar-refractivity contribution < 1.29 is 32.7 Å². The standard InChI is InChI=1S/C18H17N3O2.C2HF3O2/c22-17(13-6-8-19-9-7-13)20-10-14-11-21(18(23)16(14)12-20)15-4-2-1-3-5-15;3-2(4,5)1(6)7/h1-9,14,16H,10-12H2;(H,6,7)/t14-,16-;/m0./s1. The Morgan fingerprint density at radius 2 is 1.60 bits per heavy atom. The Bertz CT molecular complexity index is 922. The van der Waals surface area contributed by atoms with Crippen LogP contribution in [-0.2, 0) is 9.59 Å². The molecule has 0 unspecified atom stereocenters. The molecular weight excluding hydrogens is 403 g/mol. The van der Waals surface area contributed by atoms with E-state index in [1.807, 2.05) is 35.2 Å². The smallest absolute Gasteiger partial charge is 0.475 e. The number of likely N-dealkylation sites (tertiary alicyclic amines) is 1. The third-order valence-electron chi connectivity index (χ3n) is 4.97. The third-order valence-corrected chi connectivity index (χ3v) is 4.97. The fraction of sp³-hybridized carbons (Fsp3) is 0.300. The van der Waals surface area contributed by atoms with Gasteiger partial charge in [-0.05, 0) is 24.3 Å². The Morgan fingerprint density at radius 3 is 2.13 bits per heavy atom. The number of hydrogen-bond donors (Lipinski definition) is 1. The van der Waals surface area contributed by atoms with Crippen LogP contribution < -0.4 is 4.90 Å². The molecule has 158 valence electrons. The lowest BCUT2D eigenvalue weighted by molar-refractivity contribution is -0.192. The van der Waals surface area contributed by atoms with E-state index in [-0.39, 0.29) is 23.7 Å². The molecule has 2 atom stereocenters. The predicted molar refractivity (Wildman–Crippen MR) is 99.6 cm³/mol. The minimum absolute atomic E-state index is 0.0131. The number of benzene rings is 1. The highest BCUT2D eigenvalue weighted by Crippen LogP contribution is 2.35. The van der Waals surface area contributed by atoms with Crippen LogP contribution in [-0.4, -0.2) is 58.6 Å². The van der Waals surface area contributed by atoms with E-state index >= 15 is 0 Å². The zero-order valence-corrected chi connectivity index (χ0v) is 15.6. The van der Waals surface area contributed by atoms with Gasteiger partial charge >= 0.3 is 12.1 Å². The SMILES string of the molecule is O=C(O)C(F)(F)F.O=C(c1ccncc1)N1C[C@H]2CN(c3ccccc3)C(=O)[C@H]2C1. The molecule has 1 aromatic carbocycles. The van der Waals surface area contributed by atoms with Crippen molar-refractivity contribution in [2.24, 2.45) is 11.8 Å². The van der Waals surface area contributed by atoms with Gasteiger partial charge in [0.2, 0.25) is 5.91 Å². The van der Waals surface area contributed by atoms with Crippen molar-refractivity contribution in [3.8, 4) is 0 Å². The van der Waals surface area contributed by atoms with Crippen molar-refractivity contribution in [1.82, 2.24) is 9.88 Å². The first kappa shape index (κ1) is 21.3. The van der Waals surface area contributed by atoms with Crippen LogP contribution in [0.5, 0.6) is 0 Å². The predicted octanol–water partition coefficient (Wildman–Crippen LogP) is 2.45. The molecule has 2 fully saturated rings. The highest BCUT2D eigenvalue weighted by Gasteiger charge is 2.47. The van der Waals surface area contributed by atoms with E-state index in [0.29, 0.717) is 25.2 Å². The number of pyridine rings is 1. The average molecular weight is 421 g/mol. The van der Waals surface area contributed by atoms with Crippen molar-refractivity contribution in [3.63, 3.8) is 0 Å². The second-order valence-corrected chi connectivity index (χ2v) is 6.90. The maximum Gasteiger partial charge on any atom is 0.490 e. The van der Waals surface area contributed by atoms with Crippen LogP contribution in [0.4, 0.5) is 18.9 Å². The summed E-state index contributed by atoms with van der Waals surface area (Å²) in [6.45, 7) is 1.84. The number of anilines is 1. The summed E-state index contributed by atoms with van der Waals surface area (Å²) in [5.41, 5.74) is 1.58. The van der Waals surface area contributed by atoms with Gasteiger partial charge in [-0.3, -0.25) is 14.6 Å². The maximum atomic E-state index is 12.7. The number of carbonyl (C=O) groups excluding carboxylic acids is 2. The summed E-state index contributed by atoms with van der Waals surface area (Å²) in [4.78, 5) is 41.7. The fourth-order valence-electron chi connectivity index (χ4n) is 3.54. The van der Waals surface area contributed by atoms with E-state index < -0.39 is 12.1 Å². The normalized spacial score (nSPS) is 20.4. The molecule has 2 aliphatic rings. The first-order valence-electron chi connectivity index (χ1n) is 9.04. The molecule has 30 heavy (non-hydrogen) atoms. The summed E-state index contributed by atoms with van der Waals surface area (Å²) >= 11 is 0. The number of hydrogen-bond acceptors (Lipinski definition) is 4. The molecule has 1 aromatic heterocycles. The fourth-order valence-corrected chi connectivity index (χ4v) is 3.54. The highest BCUT2D eigenvalue weighted by molar-refractivity contribution is 6.00. The Balaban J connectivity index is 0.000000318. The molecule has 7 nitrogen and oxygen atoms in total. The Morgan fingerprint density at radius 1 is 1.00 bits per heavy atom. The molecule has 0 aliphatic carbocycles. The van der Waals surface area contributed by atoms with Crippen LogP contribution in [0.3, 0.4) is 0 Å². The lowest BCUT2D eigenvalue weighted by Gasteiger charge is -2.22. The number of alkyl halides is 3. The molecule has 2 amide bonds. The number of halogens is 3. The van der Waals surface area contributed by atoms with E-state index in [4.69, 9.17) is 9.90 Å². The maximum absolute atomic E-state index is 12.7. The van der Waals surface area contributed by atoms with Crippen molar-refractivity contribution >= 4 is 23.5 Å². The second-order valence-electron chi connectivity index (χ2n) is 6.90. The van der Waals surface area contributed by atoms with Crippen molar-refractivity contribution in [2.75, 3.05) is 24.5 Å². The summed E-state index contributed by atoms with van der Waals surface area (Å²) in [6, 6.07) is 13.2. The Hall–Kier alpha value is -3.43. The minimum Gasteiger partial charge on any atom is -0.475 e. The number of fused-ring (bicyclic) bond motifs is 1. The number of aromatic nitrogens is 1. The molecular formula is C20H18F3N3O4. The van der Waals surface area contributed by atoms with Gasteiger partial charge in [0.15, 0.2) is 0 Å². The Labute approximate surface area is 169 Å². The van der Waals surface area contributed by atoms with Gasteiger partial charge in [-0.1, -0.05) is 18.2 Å². The lowest BCUT2D eigenvalue weighted by atomic mass is 10.0. The van der Waals surface area contributed by atoms with Gasteiger partial charge in [-0.25, -0.2) is 4.79 Å². The third kappa shape index (κ3) is 4.58. The topological polar surface area (TPSA) is 90.8 Å². The van der Waals surface area contributed by atoms with Crippen molar-refractivity contribution in [3.05, 3.63) is 60.4 Å². The van der Waals surface area contributed by atoms with Gasteiger partial charge < -0.3 is 14.9 Å². The van der Waals surface area contributed by atoms with Gasteiger partial charge in [0.25, 0.3) is 5.91 Å². The number of nitrogens with zero attached hydrogens (tertiary/aromatic N) is 3. The van der Waals surface area contributed by atoms with Crippen LogP contribution >= 0.6 is 0 Å². The van der Waals surface area contributed by atoms with Gasteiger partial charge in [0, 0.05) is 49.2 Å². The van der Waals surface area contributed by atoms with E-state index in [9.17, 15) is 22.8 Å². The van der Waals surface area contributed by atoms with Crippen LogP contribution in [0.2, 0.25) is 0 Å². The average Bonchev–Trinajstić information content (AvgIpc) is 3.28. The molecule has 2 saturated heterocycles. The first-order valence-corrected chi connectivity index (χ1v) is 9.04. The summed E-state index contributed by atoms with van der Waals surface area (Å²) < 4.78 is 31.7. The number of carboxylic acids is 1. The van der Waals surface area contributed by atoms with E-state index in [1.165, 1.54) is 0 Å². The molecule has 2 aromatic rings. The van der Waals surface area contributed by atoms with Crippen LogP contribution in [0, 0.1) is 11.8 Å². The largest absolute Gasteiger partial charge is 0.490 e. The zero-order valence-electron chi connectivity index (χ0n) is 15.6. The van der Waals surface area contributed by atoms with E-state index in [1.54, 1.807) is 29.4 Å². The van der Waals surface area contributed by atoms with E-state index in [0.717, 1.165) is 5.69 Å². The molecule has 0 bridgehead atoms. The number of aliphatic carboxylic acids is 1. The van der Waals surface area contributed by atoms with Crippen LogP contribution in [0.15, 0.2) is 54.9 Å². The molecule has 0 radical (unpaired) electrons. The van der Waals surface area contributed by atoms with Gasteiger partial charge in [-0.15, -0.1) is 0 Å². The summed E-state index contributed by atoms with van der Waals surface area (Å²) in [6.07, 6.45) is -1.85. The molecule has 0 spiro atoms.